The van der Waals surface area contributed by atoms with Crippen molar-refractivity contribution in [2.24, 2.45) is 5.92 Å². The number of ether oxygens (including phenoxy) is 2. The molecule has 1 aromatic heterocycles. The van der Waals surface area contributed by atoms with Gasteiger partial charge in [0.25, 0.3) is 0 Å². The minimum atomic E-state index is -4.45. The van der Waals surface area contributed by atoms with Crippen molar-refractivity contribution in [2.75, 3.05) is 31.2 Å². The lowest BCUT2D eigenvalue weighted by atomic mass is 9.98. The molecule has 2 fully saturated rings. The van der Waals surface area contributed by atoms with Crippen LogP contribution in [0.5, 0.6) is 0 Å². The van der Waals surface area contributed by atoms with E-state index in [1.165, 1.54) is 0 Å². The van der Waals surface area contributed by atoms with Gasteiger partial charge in [-0.15, -0.1) is 0 Å². The molecular weight excluding hydrogens is 287 g/mol. The number of piperidine rings is 1. The highest BCUT2D eigenvalue weighted by atomic mass is 19.4. The van der Waals surface area contributed by atoms with E-state index in [0.717, 1.165) is 25.1 Å². The standard InChI is InChI=1S/C13H16F3N3O2/c14-13(15,16)10-3-4-17-12(18-10)19-5-1-2-9(8-19)11-20-6-7-21-11/h3-4,9,11H,1-2,5-8H2/t9-/m0/s1. The monoisotopic (exact) mass is 303 g/mol. The Kier molecular flexibility index (Phi) is 3.99. The second-order valence-corrected chi connectivity index (χ2v) is 5.20. The van der Waals surface area contributed by atoms with Crippen LogP contribution in [0.1, 0.15) is 18.5 Å². The van der Waals surface area contributed by atoms with Crippen LogP contribution in [0.25, 0.3) is 0 Å². The quantitative estimate of drug-likeness (QED) is 0.837. The van der Waals surface area contributed by atoms with Crippen LogP contribution in [-0.4, -0.2) is 42.6 Å². The van der Waals surface area contributed by atoms with Gasteiger partial charge in [0.05, 0.1) is 13.2 Å². The third-order valence-corrected chi connectivity index (χ3v) is 3.71. The number of halogens is 3. The molecule has 2 saturated heterocycles. The molecule has 0 unspecified atom stereocenters. The highest BCUT2D eigenvalue weighted by Gasteiger charge is 2.35. The number of hydrogen-bond acceptors (Lipinski definition) is 5. The molecule has 0 aromatic carbocycles. The number of aromatic nitrogens is 2. The molecule has 5 nitrogen and oxygen atoms in total. The van der Waals surface area contributed by atoms with E-state index in [4.69, 9.17) is 9.47 Å². The van der Waals surface area contributed by atoms with Gasteiger partial charge in [-0.1, -0.05) is 0 Å². The smallest absolute Gasteiger partial charge is 0.350 e. The lowest BCUT2D eigenvalue weighted by Gasteiger charge is -2.34. The summed E-state index contributed by atoms with van der Waals surface area (Å²) < 4.78 is 49.1. The molecule has 2 aliphatic heterocycles. The van der Waals surface area contributed by atoms with Crippen LogP contribution >= 0.6 is 0 Å². The second kappa shape index (κ2) is 5.76. The van der Waals surface area contributed by atoms with Crippen LogP contribution in [0.15, 0.2) is 12.3 Å². The van der Waals surface area contributed by atoms with Crippen LogP contribution in [0.3, 0.4) is 0 Å². The van der Waals surface area contributed by atoms with Gasteiger partial charge in [-0.3, -0.25) is 0 Å². The van der Waals surface area contributed by atoms with Crippen molar-refractivity contribution in [1.82, 2.24) is 9.97 Å². The average Bonchev–Trinajstić information content (AvgIpc) is 3.01. The Morgan fingerprint density at radius 2 is 2.00 bits per heavy atom. The van der Waals surface area contributed by atoms with E-state index in [2.05, 4.69) is 9.97 Å². The summed E-state index contributed by atoms with van der Waals surface area (Å²) in [6, 6.07) is 0.883. The molecule has 3 rings (SSSR count). The minimum absolute atomic E-state index is 0.118. The second-order valence-electron chi connectivity index (χ2n) is 5.20. The van der Waals surface area contributed by atoms with Crippen LogP contribution in [0.4, 0.5) is 19.1 Å². The maximum Gasteiger partial charge on any atom is 0.433 e. The van der Waals surface area contributed by atoms with Crippen molar-refractivity contribution in [2.45, 2.75) is 25.3 Å². The van der Waals surface area contributed by atoms with E-state index in [1.54, 1.807) is 4.90 Å². The maximum atomic E-state index is 12.7. The molecule has 0 bridgehead atoms. The first kappa shape index (κ1) is 14.5. The molecule has 1 atom stereocenters. The first-order valence-corrected chi connectivity index (χ1v) is 6.92. The summed E-state index contributed by atoms with van der Waals surface area (Å²) in [5.41, 5.74) is -0.914. The topological polar surface area (TPSA) is 47.5 Å². The molecule has 0 saturated carbocycles. The Balaban J connectivity index is 1.74. The van der Waals surface area contributed by atoms with Crippen molar-refractivity contribution in [3.05, 3.63) is 18.0 Å². The van der Waals surface area contributed by atoms with Crippen molar-refractivity contribution in [3.63, 3.8) is 0 Å². The molecule has 116 valence electrons. The molecule has 8 heteroatoms. The lowest BCUT2D eigenvalue weighted by Crippen LogP contribution is -2.41. The Labute approximate surface area is 120 Å². The Hall–Kier alpha value is -1.41. The molecule has 1 aromatic rings. The zero-order valence-corrected chi connectivity index (χ0v) is 11.3. The normalized spacial score (nSPS) is 24.5. The average molecular weight is 303 g/mol. The van der Waals surface area contributed by atoms with Gasteiger partial charge in [0, 0.05) is 25.2 Å². The fourth-order valence-electron chi connectivity index (χ4n) is 2.72. The van der Waals surface area contributed by atoms with E-state index < -0.39 is 11.9 Å². The molecule has 0 amide bonds. The van der Waals surface area contributed by atoms with Crippen LogP contribution < -0.4 is 4.90 Å². The van der Waals surface area contributed by atoms with Gasteiger partial charge < -0.3 is 14.4 Å². The van der Waals surface area contributed by atoms with Gasteiger partial charge in [0.15, 0.2) is 6.29 Å². The van der Waals surface area contributed by atoms with Crippen LogP contribution in [-0.2, 0) is 15.7 Å². The number of alkyl halides is 3. The first-order chi connectivity index (χ1) is 10.0. The molecular formula is C13H16F3N3O2. The number of rotatable bonds is 2. The number of anilines is 1. The van der Waals surface area contributed by atoms with Gasteiger partial charge in [0.2, 0.25) is 5.95 Å². The summed E-state index contributed by atoms with van der Waals surface area (Å²) in [6.07, 6.45) is -1.78. The number of nitrogens with zero attached hydrogens (tertiary/aromatic N) is 3. The fraction of sp³-hybridized carbons (Fsp3) is 0.692. The zero-order chi connectivity index (χ0) is 14.9. The van der Waals surface area contributed by atoms with Gasteiger partial charge in [-0.2, -0.15) is 13.2 Å². The number of hydrogen-bond donors (Lipinski definition) is 0. The van der Waals surface area contributed by atoms with Gasteiger partial charge >= 0.3 is 6.18 Å². The lowest BCUT2D eigenvalue weighted by molar-refractivity contribution is -0.141. The SMILES string of the molecule is FC(F)(F)c1ccnc(N2CCC[C@H](C3OCCO3)C2)n1. The summed E-state index contributed by atoms with van der Waals surface area (Å²) in [5.74, 6) is 0.256. The molecule has 2 aliphatic rings. The molecule has 3 heterocycles. The minimum Gasteiger partial charge on any atom is -0.350 e. The van der Waals surface area contributed by atoms with E-state index in [0.29, 0.717) is 26.3 Å². The summed E-state index contributed by atoms with van der Waals surface area (Å²) in [6.45, 7) is 2.33. The fourth-order valence-corrected chi connectivity index (χ4v) is 2.72. The zero-order valence-electron chi connectivity index (χ0n) is 11.3. The molecule has 0 N–H and O–H groups in total. The van der Waals surface area contributed by atoms with Crippen LogP contribution in [0, 0.1) is 5.92 Å². The van der Waals surface area contributed by atoms with Crippen molar-refractivity contribution < 1.29 is 22.6 Å². The highest BCUT2D eigenvalue weighted by Crippen LogP contribution is 2.30. The van der Waals surface area contributed by atoms with Crippen molar-refractivity contribution in [3.8, 4) is 0 Å². The maximum absolute atomic E-state index is 12.7. The van der Waals surface area contributed by atoms with Crippen LogP contribution in [0.2, 0.25) is 0 Å². The highest BCUT2D eigenvalue weighted by molar-refractivity contribution is 5.31. The van der Waals surface area contributed by atoms with E-state index in [1.807, 2.05) is 0 Å². The molecule has 0 aliphatic carbocycles. The largest absolute Gasteiger partial charge is 0.433 e. The van der Waals surface area contributed by atoms with Crippen molar-refractivity contribution in [1.29, 1.82) is 0 Å². The molecule has 0 spiro atoms. The van der Waals surface area contributed by atoms with E-state index >= 15 is 0 Å². The summed E-state index contributed by atoms with van der Waals surface area (Å²) in [7, 11) is 0. The van der Waals surface area contributed by atoms with Crippen molar-refractivity contribution >= 4 is 5.95 Å². The van der Waals surface area contributed by atoms with Gasteiger partial charge in [-0.25, -0.2) is 9.97 Å². The van der Waals surface area contributed by atoms with Gasteiger partial charge in [-0.05, 0) is 18.9 Å². The Morgan fingerprint density at radius 3 is 2.71 bits per heavy atom. The Bertz CT molecular complexity index is 492. The summed E-state index contributed by atoms with van der Waals surface area (Å²) in [5, 5.41) is 0. The predicted molar refractivity (Wildman–Crippen MR) is 67.7 cm³/mol. The van der Waals surface area contributed by atoms with E-state index in [9.17, 15) is 13.2 Å². The summed E-state index contributed by atoms with van der Waals surface area (Å²) in [4.78, 5) is 9.38. The van der Waals surface area contributed by atoms with E-state index in [-0.39, 0.29) is 18.2 Å². The third kappa shape index (κ3) is 3.26. The molecule has 21 heavy (non-hydrogen) atoms. The first-order valence-electron chi connectivity index (χ1n) is 6.92. The predicted octanol–water partition coefficient (Wildman–Crippen LogP) is 2.08. The Morgan fingerprint density at radius 1 is 1.24 bits per heavy atom. The van der Waals surface area contributed by atoms with Gasteiger partial charge in [0.1, 0.15) is 5.69 Å². The molecule has 0 radical (unpaired) electrons. The summed E-state index contributed by atoms with van der Waals surface area (Å²) >= 11 is 0. The third-order valence-electron chi connectivity index (χ3n) is 3.71.